The van der Waals surface area contributed by atoms with Gasteiger partial charge in [0.15, 0.2) is 0 Å². The van der Waals surface area contributed by atoms with Crippen molar-refractivity contribution in [2.24, 2.45) is 0 Å². The first-order valence-corrected chi connectivity index (χ1v) is 7.07. The van der Waals surface area contributed by atoms with Gasteiger partial charge in [0, 0.05) is 18.5 Å². The van der Waals surface area contributed by atoms with Crippen LogP contribution in [0.2, 0.25) is 0 Å². The number of benzene rings is 1. The monoisotopic (exact) mass is 287 g/mol. The van der Waals surface area contributed by atoms with Crippen LogP contribution in [0.3, 0.4) is 0 Å². The lowest BCUT2D eigenvalue weighted by Crippen LogP contribution is -2.37. The van der Waals surface area contributed by atoms with E-state index in [9.17, 15) is 9.59 Å². The minimum absolute atomic E-state index is 0.0730. The fourth-order valence-electron chi connectivity index (χ4n) is 2.47. The number of carbonyl (C=O) groups is 1. The van der Waals surface area contributed by atoms with Gasteiger partial charge in [-0.15, -0.1) is 0 Å². The van der Waals surface area contributed by atoms with E-state index in [1.807, 2.05) is 12.1 Å². The van der Waals surface area contributed by atoms with Crippen LogP contribution in [0, 0.1) is 0 Å². The summed E-state index contributed by atoms with van der Waals surface area (Å²) in [5.41, 5.74) is -0.250. The highest BCUT2D eigenvalue weighted by Gasteiger charge is 2.16. The van der Waals surface area contributed by atoms with Gasteiger partial charge in [-0.1, -0.05) is 18.2 Å². The highest BCUT2D eigenvalue weighted by molar-refractivity contribution is 5.81. The quantitative estimate of drug-likeness (QED) is 0.898. The Hall–Kier alpha value is -2.21. The van der Waals surface area contributed by atoms with Crippen molar-refractivity contribution in [3.8, 4) is 0 Å². The summed E-state index contributed by atoms with van der Waals surface area (Å²) in [6.45, 7) is 1.17. The molecule has 2 aromatic rings. The minimum Gasteiger partial charge on any atom is -0.376 e. The fraction of sp³-hybridized carbons (Fsp3) is 0.400. The van der Waals surface area contributed by atoms with Crippen molar-refractivity contribution in [3.05, 3.63) is 40.8 Å². The Morgan fingerprint density at radius 3 is 3.10 bits per heavy atom. The van der Waals surface area contributed by atoms with Crippen LogP contribution in [-0.2, 0) is 16.1 Å². The highest BCUT2D eigenvalue weighted by atomic mass is 16.5. The summed E-state index contributed by atoms with van der Waals surface area (Å²) in [6.07, 6.45) is 3.69. The lowest BCUT2D eigenvalue weighted by atomic mass is 10.2. The molecule has 0 spiro atoms. The Labute approximate surface area is 121 Å². The molecule has 6 nitrogen and oxygen atoms in total. The highest BCUT2D eigenvalue weighted by Crippen LogP contribution is 2.10. The van der Waals surface area contributed by atoms with Gasteiger partial charge in [0.25, 0.3) is 5.56 Å². The lowest BCUT2D eigenvalue weighted by molar-refractivity contribution is -0.122. The first-order valence-electron chi connectivity index (χ1n) is 7.07. The summed E-state index contributed by atoms with van der Waals surface area (Å²) >= 11 is 0. The molecule has 1 aliphatic heterocycles. The van der Waals surface area contributed by atoms with Crippen LogP contribution in [0.4, 0.5) is 0 Å². The van der Waals surface area contributed by atoms with E-state index in [0.29, 0.717) is 11.9 Å². The maximum absolute atomic E-state index is 12.2. The van der Waals surface area contributed by atoms with Gasteiger partial charge >= 0.3 is 0 Å². The smallest absolute Gasteiger partial charge is 0.275 e. The van der Waals surface area contributed by atoms with Crippen molar-refractivity contribution in [2.75, 3.05) is 13.2 Å². The summed E-state index contributed by atoms with van der Waals surface area (Å²) in [7, 11) is 0. The molecular formula is C15H17N3O3. The van der Waals surface area contributed by atoms with Gasteiger partial charge in [0.1, 0.15) is 6.54 Å². The van der Waals surface area contributed by atoms with Gasteiger partial charge in [0.2, 0.25) is 5.91 Å². The number of hydrogen-bond donors (Lipinski definition) is 1. The number of fused-ring (bicyclic) bond motifs is 1. The average Bonchev–Trinajstić information content (AvgIpc) is 3.02. The third-order valence-electron chi connectivity index (χ3n) is 3.61. The van der Waals surface area contributed by atoms with Crippen molar-refractivity contribution < 1.29 is 9.53 Å². The molecule has 6 heteroatoms. The molecular weight excluding hydrogens is 270 g/mol. The summed E-state index contributed by atoms with van der Waals surface area (Å²) in [6, 6.07) is 7.21. The molecule has 0 saturated carbocycles. The van der Waals surface area contributed by atoms with Crippen LogP contribution < -0.4 is 10.9 Å². The van der Waals surface area contributed by atoms with E-state index in [1.165, 1.54) is 4.68 Å². The standard InChI is InChI=1S/C15H17N3O3/c19-14(16-9-12-5-3-7-21-12)10-18-15(20)13-6-2-1-4-11(13)8-17-18/h1-2,4,6,8,12H,3,5,7,9-10H2,(H,16,19)/t12-/m1/s1. The lowest BCUT2D eigenvalue weighted by Gasteiger charge is -2.11. The molecule has 1 atom stereocenters. The zero-order chi connectivity index (χ0) is 14.7. The maximum atomic E-state index is 12.2. The summed E-state index contributed by atoms with van der Waals surface area (Å²) < 4.78 is 6.62. The number of ether oxygens (including phenoxy) is 1. The Morgan fingerprint density at radius 1 is 1.43 bits per heavy atom. The molecule has 110 valence electrons. The molecule has 1 saturated heterocycles. The van der Waals surface area contributed by atoms with E-state index in [0.717, 1.165) is 24.8 Å². The molecule has 0 unspecified atom stereocenters. The number of nitrogens with zero attached hydrogens (tertiary/aromatic N) is 2. The summed E-state index contributed by atoms with van der Waals surface area (Å²) in [4.78, 5) is 24.1. The topological polar surface area (TPSA) is 73.2 Å². The molecule has 1 amide bonds. The molecule has 21 heavy (non-hydrogen) atoms. The fourth-order valence-corrected chi connectivity index (χ4v) is 2.47. The largest absolute Gasteiger partial charge is 0.376 e. The summed E-state index contributed by atoms with van der Waals surface area (Å²) in [5, 5.41) is 8.17. The van der Waals surface area contributed by atoms with E-state index < -0.39 is 0 Å². The third-order valence-corrected chi connectivity index (χ3v) is 3.61. The molecule has 0 radical (unpaired) electrons. The molecule has 1 fully saturated rings. The maximum Gasteiger partial charge on any atom is 0.275 e. The van der Waals surface area contributed by atoms with Gasteiger partial charge in [-0.05, 0) is 18.9 Å². The van der Waals surface area contributed by atoms with Crippen molar-refractivity contribution in [1.82, 2.24) is 15.1 Å². The number of rotatable bonds is 4. The number of hydrogen-bond acceptors (Lipinski definition) is 4. The molecule has 1 aliphatic rings. The molecule has 0 bridgehead atoms. The molecule has 3 rings (SSSR count). The Balaban J connectivity index is 1.68. The second kappa shape index (κ2) is 6.05. The summed E-state index contributed by atoms with van der Waals surface area (Å²) in [5.74, 6) is -0.226. The van der Waals surface area contributed by atoms with Crippen LogP contribution in [-0.4, -0.2) is 34.9 Å². The number of aromatic nitrogens is 2. The van der Waals surface area contributed by atoms with Gasteiger partial charge in [0.05, 0.1) is 17.7 Å². The number of carbonyl (C=O) groups excluding carboxylic acids is 1. The second-order valence-electron chi connectivity index (χ2n) is 5.13. The predicted molar refractivity (Wildman–Crippen MR) is 78.0 cm³/mol. The Bertz CT molecular complexity index is 705. The molecule has 1 aromatic carbocycles. The van der Waals surface area contributed by atoms with E-state index in [4.69, 9.17) is 4.74 Å². The SMILES string of the molecule is O=C(Cn1ncc2ccccc2c1=O)NC[C@H]1CCCO1. The zero-order valence-electron chi connectivity index (χ0n) is 11.6. The number of amides is 1. The van der Waals surface area contributed by atoms with Crippen molar-refractivity contribution >= 4 is 16.7 Å². The molecule has 1 aromatic heterocycles. The van der Waals surface area contributed by atoms with Crippen molar-refractivity contribution in [2.45, 2.75) is 25.5 Å². The molecule has 2 heterocycles. The van der Waals surface area contributed by atoms with Crippen LogP contribution in [0.15, 0.2) is 35.3 Å². The van der Waals surface area contributed by atoms with Gasteiger partial charge < -0.3 is 10.1 Å². The zero-order valence-corrected chi connectivity index (χ0v) is 11.6. The van der Waals surface area contributed by atoms with Crippen LogP contribution in [0.25, 0.3) is 10.8 Å². The van der Waals surface area contributed by atoms with E-state index in [2.05, 4.69) is 10.4 Å². The van der Waals surface area contributed by atoms with Gasteiger partial charge in [-0.3, -0.25) is 9.59 Å². The normalized spacial score (nSPS) is 18.0. The van der Waals surface area contributed by atoms with Crippen LogP contribution in [0.1, 0.15) is 12.8 Å². The van der Waals surface area contributed by atoms with Crippen LogP contribution >= 0.6 is 0 Å². The van der Waals surface area contributed by atoms with Crippen LogP contribution in [0.5, 0.6) is 0 Å². The van der Waals surface area contributed by atoms with Gasteiger partial charge in [-0.25, -0.2) is 4.68 Å². The van der Waals surface area contributed by atoms with E-state index in [-0.39, 0.29) is 24.1 Å². The van der Waals surface area contributed by atoms with Gasteiger partial charge in [-0.2, -0.15) is 5.10 Å². The van der Waals surface area contributed by atoms with E-state index in [1.54, 1.807) is 18.3 Å². The minimum atomic E-state index is -0.250. The molecule has 0 aliphatic carbocycles. The third kappa shape index (κ3) is 3.11. The Morgan fingerprint density at radius 2 is 2.29 bits per heavy atom. The predicted octanol–water partition coefficient (Wildman–Crippen LogP) is 0.692. The van der Waals surface area contributed by atoms with Crippen molar-refractivity contribution in [3.63, 3.8) is 0 Å². The van der Waals surface area contributed by atoms with Crippen molar-refractivity contribution in [1.29, 1.82) is 0 Å². The second-order valence-corrected chi connectivity index (χ2v) is 5.13. The first-order chi connectivity index (χ1) is 10.2. The molecule has 1 N–H and O–H groups in total. The Kier molecular flexibility index (Phi) is 3.96. The first kappa shape index (κ1) is 13.8. The average molecular weight is 287 g/mol. The van der Waals surface area contributed by atoms with E-state index >= 15 is 0 Å². The number of nitrogens with one attached hydrogen (secondary N) is 1.